The van der Waals surface area contributed by atoms with Gasteiger partial charge in [-0.1, -0.05) is 59.4 Å². The molecule has 5 nitrogen and oxygen atoms in total. The van der Waals surface area contributed by atoms with Gasteiger partial charge in [-0.25, -0.2) is 4.79 Å². The number of hydrogen-bond donors (Lipinski definition) is 1. The predicted octanol–water partition coefficient (Wildman–Crippen LogP) is 4.43. The number of carbonyl (C=O) groups is 2. The van der Waals surface area contributed by atoms with Gasteiger partial charge in [0, 0.05) is 17.2 Å². The van der Waals surface area contributed by atoms with E-state index in [1.807, 2.05) is 44.2 Å². The standard InChI is InChI=1S/C21H22N2O3S2/c1-14-7-8-18(15(2)11-14)23-19(24)12-26-20(25)17-6-4-3-5-16(17)13-28-21-22-9-10-27-21/h3-8,11H,9-10,12-13H2,1-2H3,(H,23,24). The monoisotopic (exact) mass is 414 g/mol. The van der Waals surface area contributed by atoms with Gasteiger partial charge in [0.2, 0.25) is 0 Å². The van der Waals surface area contributed by atoms with Crippen molar-refractivity contribution in [3.63, 3.8) is 0 Å². The first kappa shape index (κ1) is 20.5. The van der Waals surface area contributed by atoms with Gasteiger partial charge in [-0.2, -0.15) is 0 Å². The molecule has 1 aliphatic rings. The van der Waals surface area contributed by atoms with Crippen LogP contribution in [-0.4, -0.2) is 35.2 Å². The Labute approximate surface area is 173 Å². The molecule has 0 saturated carbocycles. The zero-order valence-corrected chi connectivity index (χ0v) is 17.5. The van der Waals surface area contributed by atoms with E-state index in [4.69, 9.17) is 4.74 Å². The van der Waals surface area contributed by atoms with Crippen LogP contribution in [0, 0.1) is 13.8 Å². The highest BCUT2D eigenvalue weighted by molar-refractivity contribution is 8.38. The van der Waals surface area contributed by atoms with Gasteiger partial charge in [0.05, 0.1) is 12.1 Å². The summed E-state index contributed by atoms with van der Waals surface area (Å²) in [7, 11) is 0. The summed E-state index contributed by atoms with van der Waals surface area (Å²) in [5.41, 5.74) is 4.17. The lowest BCUT2D eigenvalue weighted by atomic mass is 10.1. The van der Waals surface area contributed by atoms with Crippen molar-refractivity contribution in [3.8, 4) is 0 Å². The Balaban J connectivity index is 1.56. The normalized spacial score (nSPS) is 13.1. The molecule has 0 aromatic heterocycles. The fourth-order valence-electron chi connectivity index (χ4n) is 2.74. The second-order valence-electron chi connectivity index (χ2n) is 6.38. The van der Waals surface area contributed by atoms with Gasteiger partial charge in [-0.15, -0.1) is 0 Å². The van der Waals surface area contributed by atoms with E-state index in [0.717, 1.165) is 39.1 Å². The first-order valence-corrected chi connectivity index (χ1v) is 10.9. The Kier molecular flexibility index (Phi) is 7.17. The molecule has 3 rings (SSSR count). The second-order valence-corrected chi connectivity index (χ2v) is 8.69. The van der Waals surface area contributed by atoms with Crippen molar-refractivity contribution < 1.29 is 14.3 Å². The molecule has 1 heterocycles. The van der Waals surface area contributed by atoms with Crippen molar-refractivity contribution in [2.45, 2.75) is 19.6 Å². The van der Waals surface area contributed by atoms with Crippen LogP contribution in [0.15, 0.2) is 47.5 Å². The molecule has 0 unspecified atom stereocenters. The molecule has 146 valence electrons. The first-order chi connectivity index (χ1) is 13.5. The minimum absolute atomic E-state index is 0.323. The van der Waals surface area contributed by atoms with E-state index in [2.05, 4.69) is 10.3 Å². The SMILES string of the molecule is Cc1ccc(NC(=O)COC(=O)c2ccccc2CSC2=NCCS2)c(C)c1. The van der Waals surface area contributed by atoms with E-state index in [1.54, 1.807) is 35.7 Å². The third kappa shape index (κ3) is 5.62. The van der Waals surface area contributed by atoms with Gasteiger partial charge >= 0.3 is 5.97 Å². The molecule has 0 atom stereocenters. The van der Waals surface area contributed by atoms with E-state index < -0.39 is 5.97 Å². The number of nitrogens with zero attached hydrogens (tertiary/aromatic N) is 1. The Morgan fingerprint density at radius 3 is 2.79 bits per heavy atom. The molecule has 0 radical (unpaired) electrons. The summed E-state index contributed by atoms with van der Waals surface area (Å²) >= 11 is 3.36. The molecular formula is C21H22N2O3S2. The maximum absolute atomic E-state index is 12.5. The highest BCUT2D eigenvalue weighted by Crippen LogP contribution is 2.26. The summed E-state index contributed by atoms with van der Waals surface area (Å²) in [6, 6.07) is 13.1. The number of anilines is 1. The van der Waals surface area contributed by atoms with E-state index in [9.17, 15) is 9.59 Å². The fraction of sp³-hybridized carbons (Fsp3) is 0.286. The number of esters is 1. The third-order valence-corrected chi connectivity index (χ3v) is 6.44. The Hall–Kier alpha value is -2.25. The van der Waals surface area contributed by atoms with Crippen molar-refractivity contribution in [2.75, 3.05) is 24.2 Å². The summed E-state index contributed by atoms with van der Waals surface area (Å²) in [5.74, 6) is 0.810. The summed E-state index contributed by atoms with van der Waals surface area (Å²) in [4.78, 5) is 29.1. The van der Waals surface area contributed by atoms with Crippen LogP contribution in [0.25, 0.3) is 0 Å². The topological polar surface area (TPSA) is 67.8 Å². The van der Waals surface area contributed by atoms with E-state index in [1.165, 1.54) is 0 Å². The third-order valence-electron chi connectivity index (χ3n) is 4.14. The lowest BCUT2D eigenvalue weighted by molar-refractivity contribution is -0.119. The molecule has 2 aromatic carbocycles. The average molecular weight is 415 g/mol. The molecule has 0 spiro atoms. The number of carbonyl (C=O) groups excluding carboxylic acids is 2. The lowest BCUT2D eigenvalue weighted by Gasteiger charge is -2.11. The number of benzene rings is 2. The molecule has 0 aliphatic carbocycles. The van der Waals surface area contributed by atoms with Gasteiger partial charge in [-0.05, 0) is 37.1 Å². The van der Waals surface area contributed by atoms with Crippen LogP contribution in [0.4, 0.5) is 5.69 Å². The van der Waals surface area contributed by atoms with Crippen LogP contribution in [0.5, 0.6) is 0 Å². The fourth-order valence-corrected chi connectivity index (χ4v) is 4.75. The predicted molar refractivity (Wildman–Crippen MR) is 117 cm³/mol. The number of aliphatic imine (C=N–C) groups is 1. The van der Waals surface area contributed by atoms with Crippen molar-refractivity contribution in [2.24, 2.45) is 4.99 Å². The molecule has 1 amide bonds. The number of aryl methyl sites for hydroxylation is 2. The molecule has 0 saturated heterocycles. The Bertz CT molecular complexity index is 912. The molecule has 28 heavy (non-hydrogen) atoms. The first-order valence-electron chi connectivity index (χ1n) is 8.95. The lowest BCUT2D eigenvalue weighted by Crippen LogP contribution is -2.21. The van der Waals surface area contributed by atoms with Crippen LogP contribution in [0.2, 0.25) is 0 Å². The molecule has 2 aromatic rings. The Morgan fingerprint density at radius 2 is 2.04 bits per heavy atom. The largest absolute Gasteiger partial charge is 0.452 e. The molecule has 0 bridgehead atoms. The van der Waals surface area contributed by atoms with Crippen LogP contribution in [0.1, 0.15) is 27.0 Å². The van der Waals surface area contributed by atoms with E-state index in [-0.39, 0.29) is 12.5 Å². The van der Waals surface area contributed by atoms with Crippen molar-refractivity contribution in [1.29, 1.82) is 0 Å². The van der Waals surface area contributed by atoms with E-state index >= 15 is 0 Å². The summed E-state index contributed by atoms with van der Waals surface area (Å²) in [6.07, 6.45) is 0. The number of rotatable bonds is 6. The molecular weight excluding hydrogens is 392 g/mol. The van der Waals surface area contributed by atoms with Gasteiger partial charge < -0.3 is 10.1 Å². The number of hydrogen-bond acceptors (Lipinski definition) is 6. The van der Waals surface area contributed by atoms with Crippen molar-refractivity contribution in [1.82, 2.24) is 0 Å². The van der Waals surface area contributed by atoms with Crippen LogP contribution >= 0.6 is 23.5 Å². The Morgan fingerprint density at radius 1 is 1.21 bits per heavy atom. The highest BCUT2D eigenvalue weighted by Gasteiger charge is 2.16. The van der Waals surface area contributed by atoms with Crippen LogP contribution < -0.4 is 5.32 Å². The summed E-state index contributed by atoms with van der Waals surface area (Å²) < 4.78 is 6.29. The molecule has 0 fully saturated rings. The minimum atomic E-state index is -0.493. The van der Waals surface area contributed by atoms with E-state index in [0.29, 0.717) is 11.3 Å². The maximum atomic E-state index is 12.5. The van der Waals surface area contributed by atoms with Crippen molar-refractivity contribution in [3.05, 3.63) is 64.7 Å². The summed E-state index contributed by atoms with van der Waals surface area (Å²) in [5, 5.41) is 2.78. The quantitative estimate of drug-likeness (QED) is 0.708. The number of thioether (sulfide) groups is 2. The van der Waals surface area contributed by atoms with Gasteiger partial charge in [0.25, 0.3) is 5.91 Å². The summed E-state index contributed by atoms with van der Waals surface area (Å²) in [6.45, 7) is 4.45. The maximum Gasteiger partial charge on any atom is 0.338 e. The molecule has 1 aliphatic heterocycles. The number of nitrogens with one attached hydrogen (secondary N) is 1. The van der Waals surface area contributed by atoms with Crippen molar-refractivity contribution >= 4 is 45.5 Å². The average Bonchev–Trinajstić information content (AvgIpc) is 3.20. The van der Waals surface area contributed by atoms with Gasteiger partial charge in [-0.3, -0.25) is 9.79 Å². The molecule has 1 N–H and O–H groups in total. The number of ether oxygens (including phenoxy) is 1. The highest BCUT2D eigenvalue weighted by atomic mass is 32.2. The second kappa shape index (κ2) is 9.80. The van der Waals surface area contributed by atoms with Gasteiger partial charge in [0.1, 0.15) is 4.38 Å². The zero-order valence-electron chi connectivity index (χ0n) is 15.9. The zero-order chi connectivity index (χ0) is 19.9. The van der Waals surface area contributed by atoms with Crippen LogP contribution in [0.3, 0.4) is 0 Å². The number of amides is 1. The van der Waals surface area contributed by atoms with Crippen LogP contribution in [-0.2, 0) is 15.3 Å². The smallest absolute Gasteiger partial charge is 0.338 e. The molecule has 7 heteroatoms. The minimum Gasteiger partial charge on any atom is -0.452 e. The van der Waals surface area contributed by atoms with Gasteiger partial charge in [0.15, 0.2) is 6.61 Å².